The molecule has 0 saturated carbocycles. The van der Waals surface area contributed by atoms with Crippen molar-refractivity contribution in [2.45, 2.75) is 0 Å². The van der Waals surface area contributed by atoms with Gasteiger partial charge in [0.25, 0.3) is 5.69 Å². The molecule has 1 N–H and O–H groups in total. The number of methoxy groups -OCH3 is 1. The highest BCUT2D eigenvalue weighted by Gasteiger charge is 2.06. The third kappa shape index (κ3) is 4.65. The lowest BCUT2D eigenvalue weighted by molar-refractivity contribution is -0.384. The van der Waals surface area contributed by atoms with E-state index in [9.17, 15) is 14.9 Å². The Morgan fingerprint density at radius 2 is 2.09 bits per heavy atom. The lowest BCUT2D eigenvalue weighted by Gasteiger charge is -2.04. The van der Waals surface area contributed by atoms with Gasteiger partial charge in [0, 0.05) is 23.9 Å². The zero-order valence-electron chi connectivity index (χ0n) is 12.2. The molecule has 0 aliphatic rings. The van der Waals surface area contributed by atoms with Crippen LogP contribution in [0.15, 0.2) is 53.0 Å². The number of hydrogen-bond donors (Lipinski definition) is 1. The van der Waals surface area contributed by atoms with E-state index >= 15 is 0 Å². The fraction of sp³-hybridized carbons (Fsp3) is 0.0625. The van der Waals surface area contributed by atoms with E-state index < -0.39 is 4.92 Å². The van der Waals surface area contributed by atoms with Crippen molar-refractivity contribution in [1.82, 2.24) is 0 Å². The van der Waals surface area contributed by atoms with Crippen LogP contribution in [0.3, 0.4) is 0 Å². The van der Waals surface area contributed by atoms with Crippen LogP contribution < -0.4 is 10.1 Å². The highest BCUT2D eigenvalue weighted by Crippen LogP contribution is 2.26. The summed E-state index contributed by atoms with van der Waals surface area (Å²) in [7, 11) is 1.57. The molecule has 0 atom stereocenters. The largest absolute Gasteiger partial charge is 0.496 e. The van der Waals surface area contributed by atoms with Gasteiger partial charge in [-0.2, -0.15) is 0 Å². The number of carbonyl (C=O) groups excluding carboxylic acids is 1. The lowest BCUT2D eigenvalue weighted by atomic mass is 10.2. The maximum Gasteiger partial charge on any atom is 0.271 e. The minimum Gasteiger partial charge on any atom is -0.496 e. The standard InChI is InChI=1S/C16H13BrN2O4/c1-23-15-7-5-11(9-14(15)17)6-8-16(20)18-12-3-2-4-13(10-12)19(21)22/h2-10H,1H3,(H,18,20)/b8-6+. The summed E-state index contributed by atoms with van der Waals surface area (Å²) >= 11 is 3.37. The van der Waals surface area contributed by atoms with Crippen LogP contribution in [0.1, 0.15) is 5.56 Å². The van der Waals surface area contributed by atoms with Crippen LogP contribution in [-0.2, 0) is 4.79 Å². The maximum absolute atomic E-state index is 11.9. The van der Waals surface area contributed by atoms with E-state index in [1.807, 2.05) is 6.07 Å². The van der Waals surface area contributed by atoms with E-state index in [-0.39, 0.29) is 11.6 Å². The molecule has 0 aromatic heterocycles. The average Bonchev–Trinajstić information content (AvgIpc) is 2.53. The first-order valence-corrected chi connectivity index (χ1v) is 7.36. The van der Waals surface area contributed by atoms with Crippen molar-refractivity contribution >= 4 is 39.3 Å². The maximum atomic E-state index is 11.9. The average molecular weight is 377 g/mol. The first kappa shape index (κ1) is 16.7. The fourth-order valence-electron chi connectivity index (χ4n) is 1.84. The highest BCUT2D eigenvalue weighted by molar-refractivity contribution is 9.10. The van der Waals surface area contributed by atoms with Gasteiger partial charge in [-0.1, -0.05) is 12.1 Å². The molecule has 0 heterocycles. The van der Waals surface area contributed by atoms with E-state index in [1.54, 1.807) is 31.4 Å². The zero-order valence-corrected chi connectivity index (χ0v) is 13.7. The fourth-order valence-corrected chi connectivity index (χ4v) is 2.40. The minimum absolute atomic E-state index is 0.0779. The Morgan fingerprint density at radius 1 is 1.30 bits per heavy atom. The molecule has 7 heteroatoms. The molecule has 0 fully saturated rings. The molecule has 0 saturated heterocycles. The van der Waals surface area contributed by atoms with Crippen LogP contribution in [0.25, 0.3) is 6.08 Å². The van der Waals surface area contributed by atoms with Crippen molar-refractivity contribution < 1.29 is 14.5 Å². The van der Waals surface area contributed by atoms with Gasteiger partial charge in [-0.3, -0.25) is 14.9 Å². The van der Waals surface area contributed by atoms with Crippen molar-refractivity contribution in [1.29, 1.82) is 0 Å². The number of nitrogens with zero attached hydrogens (tertiary/aromatic N) is 1. The van der Waals surface area contributed by atoms with E-state index in [0.29, 0.717) is 11.4 Å². The highest BCUT2D eigenvalue weighted by atomic mass is 79.9. The van der Waals surface area contributed by atoms with Crippen molar-refractivity contribution in [3.63, 3.8) is 0 Å². The summed E-state index contributed by atoms with van der Waals surface area (Å²) in [6.07, 6.45) is 2.99. The van der Waals surface area contributed by atoms with Gasteiger partial charge in [-0.25, -0.2) is 0 Å². The summed E-state index contributed by atoms with van der Waals surface area (Å²) in [5.41, 5.74) is 1.10. The topological polar surface area (TPSA) is 81.5 Å². The molecule has 6 nitrogen and oxygen atoms in total. The molecular formula is C16H13BrN2O4. The number of halogens is 1. The van der Waals surface area contributed by atoms with Gasteiger partial charge in [0.05, 0.1) is 16.5 Å². The van der Waals surface area contributed by atoms with E-state index in [4.69, 9.17) is 4.74 Å². The van der Waals surface area contributed by atoms with Crippen molar-refractivity contribution in [2.75, 3.05) is 12.4 Å². The number of hydrogen-bond acceptors (Lipinski definition) is 4. The molecule has 2 aromatic rings. The zero-order chi connectivity index (χ0) is 16.8. The third-order valence-corrected chi connectivity index (χ3v) is 3.55. The third-order valence-electron chi connectivity index (χ3n) is 2.93. The molecule has 2 aromatic carbocycles. The van der Waals surface area contributed by atoms with E-state index in [1.165, 1.54) is 24.3 Å². The molecule has 118 valence electrons. The molecule has 1 amide bonds. The molecule has 0 bridgehead atoms. The minimum atomic E-state index is -0.514. The van der Waals surface area contributed by atoms with Crippen molar-refractivity contribution in [3.05, 3.63) is 68.7 Å². The van der Waals surface area contributed by atoms with Crippen LogP contribution >= 0.6 is 15.9 Å². The molecule has 23 heavy (non-hydrogen) atoms. The van der Waals surface area contributed by atoms with Crippen LogP contribution in [-0.4, -0.2) is 17.9 Å². The monoisotopic (exact) mass is 376 g/mol. The number of anilines is 1. The number of nitro groups is 1. The summed E-state index contributed by atoms with van der Waals surface area (Å²) in [5.74, 6) is 0.320. The summed E-state index contributed by atoms with van der Waals surface area (Å²) in [4.78, 5) is 22.1. The SMILES string of the molecule is COc1ccc(/C=C/C(=O)Nc2cccc([N+](=O)[O-])c2)cc1Br. The number of amides is 1. The van der Waals surface area contributed by atoms with Gasteiger partial charge in [-0.05, 0) is 45.8 Å². The quantitative estimate of drug-likeness (QED) is 0.485. The molecule has 2 rings (SSSR count). The molecular weight excluding hydrogens is 364 g/mol. The predicted molar refractivity (Wildman–Crippen MR) is 91.5 cm³/mol. The number of benzene rings is 2. The Balaban J connectivity index is 2.05. The molecule has 0 aliphatic carbocycles. The number of rotatable bonds is 5. The van der Waals surface area contributed by atoms with E-state index in [0.717, 1.165) is 10.0 Å². The number of nitro benzene ring substituents is 1. The van der Waals surface area contributed by atoms with Gasteiger partial charge in [-0.15, -0.1) is 0 Å². The van der Waals surface area contributed by atoms with Gasteiger partial charge in [0.2, 0.25) is 5.91 Å². The van der Waals surface area contributed by atoms with Gasteiger partial charge >= 0.3 is 0 Å². The van der Waals surface area contributed by atoms with Gasteiger partial charge in [0.15, 0.2) is 0 Å². The van der Waals surface area contributed by atoms with Crippen molar-refractivity contribution in [2.24, 2.45) is 0 Å². The van der Waals surface area contributed by atoms with Crippen LogP contribution in [0, 0.1) is 10.1 Å². The first-order chi connectivity index (χ1) is 11.0. The van der Waals surface area contributed by atoms with E-state index in [2.05, 4.69) is 21.2 Å². The second-order valence-electron chi connectivity index (χ2n) is 4.52. The molecule has 0 radical (unpaired) electrons. The Hall–Kier alpha value is -2.67. The number of ether oxygens (including phenoxy) is 1. The number of nitrogens with one attached hydrogen (secondary N) is 1. The van der Waals surface area contributed by atoms with Crippen LogP contribution in [0.2, 0.25) is 0 Å². The Morgan fingerprint density at radius 3 is 2.74 bits per heavy atom. The van der Waals surface area contributed by atoms with Gasteiger partial charge in [0.1, 0.15) is 5.75 Å². The summed E-state index contributed by atoms with van der Waals surface area (Å²) < 4.78 is 5.91. The van der Waals surface area contributed by atoms with Crippen molar-refractivity contribution in [3.8, 4) is 5.75 Å². The summed E-state index contributed by atoms with van der Waals surface area (Å²) in [5, 5.41) is 13.3. The number of non-ortho nitro benzene ring substituents is 1. The first-order valence-electron chi connectivity index (χ1n) is 6.56. The Kier molecular flexibility index (Phi) is 5.48. The molecule has 0 unspecified atom stereocenters. The second-order valence-corrected chi connectivity index (χ2v) is 5.38. The summed E-state index contributed by atoms with van der Waals surface area (Å²) in [6.45, 7) is 0. The predicted octanol–water partition coefficient (Wildman–Crippen LogP) is 4.02. The smallest absolute Gasteiger partial charge is 0.271 e. The molecule has 0 aliphatic heterocycles. The second kappa shape index (κ2) is 7.55. The van der Waals surface area contributed by atoms with Crippen LogP contribution in [0.4, 0.5) is 11.4 Å². The Bertz CT molecular complexity index is 774. The summed E-state index contributed by atoms with van der Waals surface area (Å²) in [6, 6.07) is 11.2. The normalized spacial score (nSPS) is 10.5. The molecule has 0 spiro atoms. The lowest BCUT2D eigenvalue weighted by Crippen LogP contribution is -2.07. The number of carbonyl (C=O) groups is 1. The van der Waals surface area contributed by atoms with Gasteiger partial charge < -0.3 is 10.1 Å². The van der Waals surface area contributed by atoms with Crippen LogP contribution in [0.5, 0.6) is 5.75 Å². The Labute approximate surface area is 141 Å².